The lowest BCUT2D eigenvalue weighted by atomic mass is 10.2. The number of anilines is 3. The summed E-state index contributed by atoms with van der Waals surface area (Å²) in [6.07, 6.45) is 1.08. The fourth-order valence-electron chi connectivity index (χ4n) is 2.64. The zero-order valence-electron chi connectivity index (χ0n) is 16.6. The summed E-state index contributed by atoms with van der Waals surface area (Å²) < 4.78 is 5.50. The maximum atomic E-state index is 12.3. The molecule has 2 aromatic carbocycles. The molecule has 0 atom stereocenters. The number of nitro benzene ring substituents is 1. The predicted octanol–water partition coefficient (Wildman–Crippen LogP) is 3.19. The quantitative estimate of drug-likeness (QED) is 0.332. The van der Waals surface area contributed by atoms with E-state index in [-0.39, 0.29) is 22.9 Å². The lowest BCUT2D eigenvalue weighted by Gasteiger charge is -2.13. The van der Waals surface area contributed by atoms with Gasteiger partial charge in [0.25, 0.3) is 11.6 Å². The average molecular weight is 439 g/mol. The van der Waals surface area contributed by atoms with Gasteiger partial charge in [-0.2, -0.15) is 0 Å². The highest BCUT2D eigenvalue weighted by atomic mass is 16.6. The Balaban J connectivity index is 1.81. The van der Waals surface area contributed by atoms with E-state index in [0.717, 1.165) is 6.33 Å². The monoisotopic (exact) mass is 439 g/mol. The Labute approximate surface area is 180 Å². The van der Waals surface area contributed by atoms with Crippen molar-refractivity contribution in [1.82, 2.24) is 15.4 Å². The molecule has 32 heavy (non-hydrogen) atoms. The number of hydrazine groups is 1. The van der Waals surface area contributed by atoms with Crippen LogP contribution in [-0.4, -0.2) is 32.3 Å². The second-order valence-corrected chi connectivity index (χ2v) is 6.11. The van der Waals surface area contributed by atoms with Gasteiger partial charge >= 0.3 is 5.69 Å². The molecule has 0 aliphatic carbocycles. The largest absolute Gasteiger partial charge is 0.492 e. The Bertz CT molecular complexity index is 1150. The molecular formula is C19H17N7O6. The minimum atomic E-state index is -0.702. The minimum absolute atomic E-state index is 0.101. The third-order valence-electron chi connectivity index (χ3n) is 4.08. The second-order valence-electron chi connectivity index (χ2n) is 6.11. The second kappa shape index (κ2) is 9.80. The van der Waals surface area contributed by atoms with E-state index in [1.54, 1.807) is 31.2 Å². The zero-order chi connectivity index (χ0) is 23.1. The molecule has 1 amide bonds. The van der Waals surface area contributed by atoms with Gasteiger partial charge in [-0.25, -0.2) is 9.97 Å². The van der Waals surface area contributed by atoms with E-state index in [9.17, 15) is 25.0 Å². The van der Waals surface area contributed by atoms with Crippen LogP contribution >= 0.6 is 0 Å². The highest BCUT2D eigenvalue weighted by Gasteiger charge is 2.24. The van der Waals surface area contributed by atoms with E-state index in [0.29, 0.717) is 18.0 Å². The number of ether oxygens (including phenoxy) is 1. The third kappa shape index (κ3) is 5.02. The first-order valence-corrected chi connectivity index (χ1v) is 9.19. The first-order valence-electron chi connectivity index (χ1n) is 9.19. The topological polar surface area (TPSA) is 174 Å². The number of nitro groups is 2. The van der Waals surface area contributed by atoms with E-state index in [1.165, 1.54) is 24.3 Å². The van der Waals surface area contributed by atoms with E-state index in [4.69, 9.17) is 4.74 Å². The lowest BCUT2D eigenvalue weighted by molar-refractivity contribution is -0.384. The number of nitrogens with zero attached hydrogens (tertiary/aromatic N) is 4. The fourth-order valence-corrected chi connectivity index (χ4v) is 2.64. The van der Waals surface area contributed by atoms with Crippen molar-refractivity contribution in [3.8, 4) is 5.75 Å². The van der Waals surface area contributed by atoms with Crippen LogP contribution in [-0.2, 0) is 0 Å². The van der Waals surface area contributed by atoms with Gasteiger partial charge in [-0.05, 0) is 31.2 Å². The van der Waals surface area contributed by atoms with Crippen molar-refractivity contribution in [2.24, 2.45) is 0 Å². The zero-order valence-corrected chi connectivity index (χ0v) is 16.6. The molecule has 3 rings (SSSR count). The van der Waals surface area contributed by atoms with Crippen molar-refractivity contribution in [1.29, 1.82) is 0 Å². The molecule has 1 heterocycles. The summed E-state index contributed by atoms with van der Waals surface area (Å²) in [5.74, 6) is -0.589. The predicted molar refractivity (Wildman–Crippen MR) is 114 cm³/mol. The summed E-state index contributed by atoms with van der Waals surface area (Å²) in [5.41, 5.74) is 4.54. The number of amides is 1. The standard InChI is InChI=1S/C19H17N7O6/c1-2-32-15-6-4-3-5-14(15)22-17-16(26(30)31)18(21-11-20-17)23-24-19(27)12-7-9-13(10-8-12)25(28)29/h3-11H,2H2,1H3,(H,24,27)(H2,20,21,22,23). The SMILES string of the molecule is CCOc1ccccc1Nc1ncnc(NNC(=O)c2ccc([N+](=O)[O-])cc2)c1[N+](=O)[O-]. The molecule has 0 saturated heterocycles. The van der Waals surface area contributed by atoms with Crippen LogP contribution in [0, 0.1) is 20.2 Å². The Morgan fingerprint density at radius 3 is 2.34 bits per heavy atom. The Morgan fingerprint density at radius 1 is 1.00 bits per heavy atom. The lowest BCUT2D eigenvalue weighted by Crippen LogP contribution is -2.30. The number of hydrogen-bond acceptors (Lipinski definition) is 10. The van der Waals surface area contributed by atoms with Crippen molar-refractivity contribution < 1.29 is 19.4 Å². The van der Waals surface area contributed by atoms with Crippen LogP contribution in [0.4, 0.5) is 28.7 Å². The van der Waals surface area contributed by atoms with Crippen molar-refractivity contribution in [3.05, 3.63) is 80.7 Å². The molecule has 3 N–H and O–H groups in total. The highest BCUT2D eigenvalue weighted by molar-refractivity contribution is 5.95. The van der Waals surface area contributed by atoms with Crippen LogP contribution in [0.1, 0.15) is 17.3 Å². The number of para-hydroxylation sites is 2. The molecule has 0 radical (unpaired) electrons. The molecule has 0 aliphatic rings. The first kappa shape index (κ1) is 21.9. The number of rotatable bonds is 9. The number of carbonyl (C=O) groups excluding carboxylic acids is 1. The minimum Gasteiger partial charge on any atom is -0.492 e. The summed E-state index contributed by atoms with van der Waals surface area (Å²) in [4.78, 5) is 41.2. The summed E-state index contributed by atoms with van der Waals surface area (Å²) in [6, 6.07) is 11.7. The molecule has 3 aromatic rings. The molecule has 164 valence electrons. The number of non-ortho nitro benzene ring substituents is 1. The Morgan fingerprint density at radius 2 is 1.69 bits per heavy atom. The van der Waals surface area contributed by atoms with Gasteiger partial charge in [-0.15, -0.1) is 0 Å². The van der Waals surface area contributed by atoms with Crippen LogP contribution in [0.25, 0.3) is 0 Å². The first-order chi connectivity index (χ1) is 15.4. The number of hydrogen-bond donors (Lipinski definition) is 3. The van der Waals surface area contributed by atoms with Crippen LogP contribution in [0.15, 0.2) is 54.9 Å². The summed E-state index contributed by atoms with van der Waals surface area (Å²) >= 11 is 0. The molecule has 13 nitrogen and oxygen atoms in total. The molecule has 0 fully saturated rings. The summed E-state index contributed by atoms with van der Waals surface area (Å²) in [5, 5.41) is 25.3. The maximum Gasteiger partial charge on any atom is 0.355 e. The molecule has 0 aliphatic heterocycles. The maximum absolute atomic E-state index is 12.3. The van der Waals surface area contributed by atoms with Gasteiger partial charge in [0, 0.05) is 17.7 Å². The summed E-state index contributed by atoms with van der Waals surface area (Å²) in [7, 11) is 0. The van der Waals surface area contributed by atoms with E-state index >= 15 is 0 Å². The number of benzene rings is 2. The summed E-state index contributed by atoms with van der Waals surface area (Å²) in [6.45, 7) is 2.20. The molecule has 0 unspecified atom stereocenters. The van der Waals surface area contributed by atoms with E-state index in [1.807, 2.05) is 0 Å². The van der Waals surface area contributed by atoms with Gasteiger partial charge < -0.3 is 10.1 Å². The molecular weight excluding hydrogens is 422 g/mol. The van der Waals surface area contributed by atoms with Gasteiger partial charge in [0.2, 0.25) is 11.6 Å². The Kier molecular flexibility index (Phi) is 6.70. The van der Waals surface area contributed by atoms with E-state index < -0.39 is 21.4 Å². The van der Waals surface area contributed by atoms with Crippen LogP contribution < -0.4 is 20.9 Å². The molecule has 1 aromatic heterocycles. The van der Waals surface area contributed by atoms with Crippen molar-refractivity contribution in [3.63, 3.8) is 0 Å². The van der Waals surface area contributed by atoms with Crippen molar-refractivity contribution >= 4 is 34.6 Å². The molecule has 0 bridgehead atoms. The van der Waals surface area contributed by atoms with Gasteiger partial charge in [0.05, 0.1) is 22.1 Å². The smallest absolute Gasteiger partial charge is 0.355 e. The third-order valence-corrected chi connectivity index (χ3v) is 4.08. The van der Waals surface area contributed by atoms with Crippen LogP contribution in [0.5, 0.6) is 5.75 Å². The van der Waals surface area contributed by atoms with E-state index in [2.05, 4.69) is 26.1 Å². The van der Waals surface area contributed by atoms with Crippen molar-refractivity contribution in [2.45, 2.75) is 6.92 Å². The molecule has 0 spiro atoms. The Hall–Kier alpha value is -4.81. The normalized spacial score (nSPS) is 10.2. The number of carbonyl (C=O) groups is 1. The molecule has 0 saturated carbocycles. The highest BCUT2D eigenvalue weighted by Crippen LogP contribution is 2.34. The van der Waals surface area contributed by atoms with Gasteiger partial charge in [-0.1, -0.05) is 12.1 Å². The van der Waals surface area contributed by atoms with Crippen LogP contribution in [0.2, 0.25) is 0 Å². The van der Waals surface area contributed by atoms with Gasteiger partial charge in [0.15, 0.2) is 0 Å². The molecule has 13 heteroatoms. The number of nitrogens with one attached hydrogen (secondary N) is 3. The average Bonchev–Trinajstić information content (AvgIpc) is 2.79. The van der Waals surface area contributed by atoms with Gasteiger partial charge in [-0.3, -0.25) is 35.9 Å². The fraction of sp³-hybridized carbons (Fsp3) is 0.105. The number of aromatic nitrogens is 2. The van der Waals surface area contributed by atoms with Crippen molar-refractivity contribution in [2.75, 3.05) is 17.3 Å². The van der Waals surface area contributed by atoms with Gasteiger partial charge in [0.1, 0.15) is 12.1 Å². The van der Waals surface area contributed by atoms with Crippen LogP contribution in [0.3, 0.4) is 0 Å².